The Morgan fingerprint density at radius 1 is 0.971 bits per heavy atom. The minimum atomic E-state index is -0.486. The molecule has 1 aromatic heterocycles. The Kier molecular flexibility index (Phi) is 6.75. The van der Waals surface area contributed by atoms with Crippen LogP contribution in [0.25, 0.3) is 28.2 Å². The highest BCUT2D eigenvalue weighted by Gasteiger charge is 2.26. The molecule has 0 spiro atoms. The molecule has 5 nitrogen and oxygen atoms in total. The highest BCUT2D eigenvalue weighted by Crippen LogP contribution is 2.40. The molecule has 1 heterocycles. The second-order valence-electron chi connectivity index (χ2n) is 8.73. The number of hydrogen-bond acceptors (Lipinski definition) is 5. The van der Waals surface area contributed by atoms with Gasteiger partial charge in [-0.05, 0) is 49.3 Å². The Balaban J connectivity index is 1.47. The zero-order valence-corrected chi connectivity index (χ0v) is 19.6. The molecule has 0 aliphatic heterocycles. The lowest BCUT2D eigenvalue weighted by atomic mass is 9.83. The van der Waals surface area contributed by atoms with Crippen LogP contribution in [0.3, 0.4) is 0 Å². The van der Waals surface area contributed by atoms with Gasteiger partial charge < -0.3 is 4.42 Å². The van der Waals surface area contributed by atoms with Gasteiger partial charge in [-0.15, -0.1) is 0 Å². The topological polar surface area (TPSA) is 61.6 Å². The maximum absolute atomic E-state index is 11.1. The van der Waals surface area contributed by atoms with Crippen LogP contribution < -0.4 is 4.89 Å². The molecular formula is C30H27NO4. The van der Waals surface area contributed by atoms with E-state index in [2.05, 4.69) is 41.3 Å². The van der Waals surface area contributed by atoms with E-state index in [-0.39, 0.29) is 5.92 Å². The fraction of sp³-hybridized carbons (Fsp3) is 0.200. The van der Waals surface area contributed by atoms with E-state index in [0.717, 1.165) is 59.4 Å². The summed E-state index contributed by atoms with van der Waals surface area (Å²) in [6.45, 7) is 1.31. The summed E-state index contributed by atoms with van der Waals surface area (Å²) in [4.78, 5) is 25.9. The second-order valence-corrected chi connectivity index (χ2v) is 8.73. The molecule has 1 aliphatic rings. The molecule has 5 heteroatoms. The number of benzene rings is 3. The minimum Gasteiger partial charge on any atom is -0.436 e. The number of aromatic nitrogens is 1. The van der Waals surface area contributed by atoms with Crippen LogP contribution in [0.4, 0.5) is 0 Å². The highest BCUT2D eigenvalue weighted by molar-refractivity contribution is 5.79. The number of allylic oxidation sites excluding steroid dienone is 2. The van der Waals surface area contributed by atoms with E-state index in [4.69, 9.17) is 14.3 Å². The van der Waals surface area contributed by atoms with Crippen LogP contribution in [0.15, 0.2) is 95.4 Å². The number of carbonyl (C=O) groups is 1. The van der Waals surface area contributed by atoms with E-state index < -0.39 is 5.97 Å². The molecular weight excluding hydrogens is 438 g/mol. The van der Waals surface area contributed by atoms with Crippen molar-refractivity contribution in [1.82, 2.24) is 4.98 Å². The molecule has 35 heavy (non-hydrogen) atoms. The van der Waals surface area contributed by atoms with Crippen LogP contribution in [0.5, 0.6) is 5.75 Å². The zero-order chi connectivity index (χ0) is 24.0. The van der Waals surface area contributed by atoms with Gasteiger partial charge >= 0.3 is 5.97 Å². The van der Waals surface area contributed by atoms with Gasteiger partial charge in [0.2, 0.25) is 5.89 Å². The van der Waals surface area contributed by atoms with Crippen molar-refractivity contribution in [3.63, 3.8) is 0 Å². The van der Waals surface area contributed by atoms with Crippen molar-refractivity contribution >= 4 is 11.5 Å². The van der Waals surface area contributed by atoms with Crippen LogP contribution in [0.1, 0.15) is 37.6 Å². The minimum absolute atomic E-state index is 0.263. The molecule has 0 bridgehead atoms. The summed E-state index contributed by atoms with van der Waals surface area (Å²) in [6, 6.07) is 28.0. The fourth-order valence-electron chi connectivity index (χ4n) is 4.55. The average Bonchev–Trinajstić information content (AvgIpc) is 3.34. The Bertz CT molecular complexity index is 1270. The van der Waals surface area contributed by atoms with Crippen LogP contribution in [0.2, 0.25) is 0 Å². The molecule has 1 aliphatic carbocycles. The third-order valence-corrected chi connectivity index (χ3v) is 6.15. The molecule has 0 saturated carbocycles. The van der Waals surface area contributed by atoms with E-state index in [9.17, 15) is 4.79 Å². The molecule has 0 fully saturated rings. The maximum Gasteiger partial charge on any atom is 0.352 e. The van der Waals surface area contributed by atoms with E-state index in [0.29, 0.717) is 11.6 Å². The predicted molar refractivity (Wildman–Crippen MR) is 135 cm³/mol. The van der Waals surface area contributed by atoms with Gasteiger partial charge in [0.25, 0.3) is 0 Å². The van der Waals surface area contributed by atoms with Crippen molar-refractivity contribution in [3.8, 4) is 28.3 Å². The first-order valence-corrected chi connectivity index (χ1v) is 11.9. The lowest BCUT2D eigenvalue weighted by Crippen LogP contribution is -2.11. The molecule has 1 atom stereocenters. The van der Waals surface area contributed by atoms with E-state index >= 15 is 0 Å². The van der Waals surface area contributed by atoms with Crippen molar-refractivity contribution in [1.29, 1.82) is 0 Å². The SMILES string of the molecule is CC(=O)OOc1cccc(C[C@@H]2CCCC=C2c2nc(-c3ccccc3)c(-c3ccccc3)o2)c1. The third-order valence-electron chi connectivity index (χ3n) is 6.15. The summed E-state index contributed by atoms with van der Waals surface area (Å²) < 4.78 is 6.49. The Morgan fingerprint density at radius 2 is 1.71 bits per heavy atom. The molecule has 3 aromatic carbocycles. The summed E-state index contributed by atoms with van der Waals surface area (Å²) in [6.07, 6.45) is 6.25. The smallest absolute Gasteiger partial charge is 0.352 e. The average molecular weight is 466 g/mol. The Morgan fingerprint density at radius 3 is 2.46 bits per heavy atom. The number of carbonyl (C=O) groups excluding carboxylic acids is 1. The van der Waals surface area contributed by atoms with Gasteiger partial charge in [-0.1, -0.05) is 78.9 Å². The molecule has 176 valence electrons. The van der Waals surface area contributed by atoms with Crippen LogP contribution >= 0.6 is 0 Å². The number of rotatable bonds is 7. The Labute approximate surface area is 205 Å². The number of hydrogen-bond donors (Lipinski definition) is 0. The molecule has 0 unspecified atom stereocenters. The fourth-order valence-corrected chi connectivity index (χ4v) is 4.55. The first-order valence-electron chi connectivity index (χ1n) is 11.9. The largest absolute Gasteiger partial charge is 0.436 e. The number of oxazole rings is 1. The summed E-state index contributed by atoms with van der Waals surface area (Å²) in [5.41, 5.74) is 5.14. The Hall–Kier alpha value is -4.12. The van der Waals surface area contributed by atoms with Gasteiger partial charge in [0.05, 0.1) is 0 Å². The molecule has 0 saturated heterocycles. The van der Waals surface area contributed by atoms with Gasteiger partial charge in [0, 0.05) is 23.6 Å². The van der Waals surface area contributed by atoms with Crippen molar-refractivity contribution < 1.29 is 19.0 Å². The van der Waals surface area contributed by atoms with E-state index in [1.54, 1.807) is 6.07 Å². The van der Waals surface area contributed by atoms with Crippen molar-refractivity contribution in [2.45, 2.75) is 32.6 Å². The monoisotopic (exact) mass is 465 g/mol. The molecule has 0 radical (unpaired) electrons. The quantitative estimate of drug-likeness (QED) is 0.212. The van der Waals surface area contributed by atoms with E-state index in [1.165, 1.54) is 6.92 Å². The first-order chi connectivity index (χ1) is 17.2. The molecule has 5 rings (SSSR count). The van der Waals surface area contributed by atoms with Gasteiger partial charge in [0.15, 0.2) is 11.5 Å². The summed E-state index contributed by atoms with van der Waals surface area (Å²) >= 11 is 0. The van der Waals surface area contributed by atoms with E-state index in [1.807, 2.05) is 48.5 Å². The lowest BCUT2D eigenvalue weighted by Gasteiger charge is -2.22. The molecule has 0 N–H and O–H groups in total. The standard InChI is InChI=1S/C30H27NO4/c1-21(32)34-35-26-17-10-11-22(20-26)19-25-16-8-9-18-27(25)30-31-28(23-12-4-2-5-13-23)29(33-30)24-14-6-3-7-15-24/h2-7,10-15,17-18,20,25H,8-9,16,19H2,1H3/t25-/m0/s1. The summed E-state index contributed by atoms with van der Waals surface area (Å²) in [5.74, 6) is 1.75. The predicted octanol–water partition coefficient (Wildman–Crippen LogP) is 7.29. The van der Waals surface area contributed by atoms with Crippen LogP contribution in [0, 0.1) is 5.92 Å². The van der Waals surface area contributed by atoms with Crippen LogP contribution in [-0.4, -0.2) is 11.0 Å². The normalized spacial score (nSPS) is 15.3. The summed E-state index contributed by atoms with van der Waals surface area (Å²) in [5, 5.41) is 0. The highest BCUT2D eigenvalue weighted by atomic mass is 17.2. The lowest BCUT2D eigenvalue weighted by molar-refractivity contribution is -0.210. The zero-order valence-electron chi connectivity index (χ0n) is 19.6. The van der Waals surface area contributed by atoms with Gasteiger partial charge in [-0.3, -0.25) is 9.78 Å². The first kappa shape index (κ1) is 22.7. The second kappa shape index (κ2) is 10.4. The third kappa shape index (κ3) is 5.35. The van der Waals surface area contributed by atoms with Crippen molar-refractivity contribution in [2.24, 2.45) is 5.92 Å². The van der Waals surface area contributed by atoms with Gasteiger partial charge in [0.1, 0.15) is 5.69 Å². The van der Waals surface area contributed by atoms with Gasteiger partial charge in [-0.2, -0.15) is 0 Å². The van der Waals surface area contributed by atoms with Crippen LogP contribution in [-0.2, 0) is 16.1 Å². The van der Waals surface area contributed by atoms with Gasteiger partial charge in [-0.25, -0.2) is 9.78 Å². The van der Waals surface area contributed by atoms with Crippen molar-refractivity contribution in [2.75, 3.05) is 0 Å². The summed E-state index contributed by atoms with van der Waals surface area (Å²) in [7, 11) is 0. The molecule has 0 amide bonds. The maximum atomic E-state index is 11.1. The van der Waals surface area contributed by atoms with Crippen molar-refractivity contribution in [3.05, 3.63) is 102 Å². The molecule has 4 aromatic rings. The number of nitrogens with zero attached hydrogens (tertiary/aromatic N) is 1.